The Bertz CT molecular complexity index is 503. The predicted octanol–water partition coefficient (Wildman–Crippen LogP) is 4.02. The predicted molar refractivity (Wildman–Crippen MR) is 106 cm³/mol. The van der Waals surface area contributed by atoms with Crippen LogP contribution >= 0.6 is 24.0 Å². The van der Waals surface area contributed by atoms with Gasteiger partial charge in [-0.2, -0.15) is 0 Å². The monoisotopic (exact) mass is 433 g/mol. The molecule has 0 saturated heterocycles. The van der Waals surface area contributed by atoms with Gasteiger partial charge in [-0.1, -0.05) is 25.7 Å². The van der Waals surface area contributed by atoms with Crippen LogP contribution in [0.2, 0.25) is 0 Å². The van der Waals surface area contributed by atoms with Crippen LogP contribution in [0.15, 0.2) is 23.2 Å². The van der Waals surface area contributed by atoms with E-state index < -0.39 is 0 Å². The number of nitrogens with two attached hydrogens (primary N) is 1. The number of benzene rings is 1. The maximum atomic E-state index is 5.96. The molecule has 0 heterocycles. The van der Waals surface area contributed by atoms with Crippen LogP contribution in [0.1, 0.15) is 38.5 Å². The molecule has 0 spiro atoms. The van der Waals surface area contributed by atoms with Gasteiger partial charge in [-0.05, 0) is 30.9 Å². The highest BCUT2D eigenvalue weighted by Gasteiger charge is 2.13. The van der Waals surface area contributed by atoms with Crippen molar-refractivity contribution in [1.82, 2.24) is 0 Å². The normalized spacial score (nSPS) is 15.1. The fourth-order valence-corrected chi connectivity index (χ4v) is 2.97. The lowest BCUT2D eigenvalue weighted by Gasteiger charge is -2.12. The van der Waals surface area contributed by atoms with E-state index in [1.54, 1.807) is 14.2 Å². The van der Waals surface area contributed by atoms with Gasteiger partial charge in [0, 0.05) is 12.6 Å². The SMILES string of the molecule is COc1ccc(OC)c(NC(N)=NCCCC2CCCC2)c1.I. The summed E-state index contributed by atoms with van der Waals surface area (Å²) in [6, 6.07) is 5.53. The number of rotatable bonds is 7. The lowest BCUT2D eigenvalue weighted by Crippen LogP contribution is -2.23. The number of nitrogens with one attached hydrogen (secondary N) is 1. The standard InChI is InChI=1S/C17H27N3O2.HI/c1-21-14-9-10-16(22-2)15(12-14)20-17(18)19-11-5-8-13-6-3-4-7-13;/h9-10,12-13H,3-8,11H2,1-2H3,(H3,18,19,20);1H. The summed E-state index contributed by atoms with van der Waals surface area (Å²) in [6.07, 6.45) is 7.93. The number of methoxy groups -OCH3 is 2. The Morgan fingerprint density at radius 1 is 1.26 bits per heavy atom. The van der Waals surface area contributed by atoms with Crippen molar-refractivity contribution in [3.05, 3.63) is 18.2 Å². The molecule has 0 aromatic heterocycles. The lowest BCUT2D eigenvalue weighted by atomic mass is 10.0. The summed E-state index contributed by atoms with van der Waals surface area (Å²) in [5, 5.41) is 3.09. The minimum absolute atomic E-state index is 0. The Balaban J connectivity index is 0.00000264. The van der Waals surface area contributed by atoms with Crippen LogP contribution in [0.25, 0.3) is 0 Å². The van der Waals surface area contributed by atoms with E-state index in [-0.39, 0.29) is 24.0 Å². The van der Waals surface area contributed by atoms with Gasteiger partial charge in [-0.25, -0.2) is 0 Å². The summed E-state index contributed by atoms with van der Waals surface area (Å²) in [4.78, 5) is 4.40. The van der Waals surface area contributed by atoms with Gasteiger partial charge in [-0.3, -0.25) is 4.99 Å². The smallest absolute Gasteiger partial charge is 0.193 e. The molecule has 0 radical (unpaired) electrons. The van der Waals surface area contributed by atoms with Crippen molar-refractivity contribution in [2.75, 3.05) is 26.1 Å². The van der Waals surface area contributed by atoms with Crippen LogP contribution in [0, 0.1) is 5.92 Å². The second kappa shape index (κ2) is 10.6. The first kappa shape index (κ1) is 19.9. The largest absolute Gasteiger partial charge is 0.497 e. The van der Waals surface area contributed by atoms with Crippen molar-refractivity contribution < 1.29 is 9.47 Å². The van der Waals surface area contributed by atoms with E-state index in [1.807, 2.05) is 18.2 Å². The van der Waals surface area contributed by atoms with Crippen molar-refractivity contribution in [3.63, 3.8) is 0 Å². The van der Waals surface area contributed by atoms with Gasteiger partial charge < -0.3 is 20.5 Å². The summed E-state index contributed by atoms with van der Waals surface area (Å²) in [6.45, 7) is 0.765. The van der Waals surface area contributed by atoms with Crippen molar-refractivity contribution >= 4 is 35.6 Å². The Morgan fingerprint density at radius 3 is 2.65 bits per heavy atom. The van der Waals surface area contributed by atoms with Crippen molar-refractivity contribution in [2.24, 2.45) is 16.6 Å². The first-order valence-electron chi connectivity index (χ1n) is 8.02. The number of nitrogens with zero attached hydrogens (tertiary/aromatic N) is 1. The molecule has 0 amide bonds. The van der Waals surface area contributed by atoms with Gasteiger partial charge in [0.15, 0.2) is 5.96 Å². The van der Waals surface area contributed by atoms with Crippen LogP contribution in [-0.4, -0.2) is 26.7 Å². The molecule has 1 aromatic carbocycles. The van der Waals surface area contributed by atoms with E-state index in [1.165, 1.54) is 32.1 Å². The van der Waals surface area contributed by atoms with E-state index in [9.17, 15) is 0 Å². The Kier molecular flexibility index (Phi) is 9.13. The van der Waals surface area contributed by atoms with Gasteiger partial charge in [0.1, 0.15) is 11.5 Å². The molecule has 1 aliphatic carbocycles. The average Bonchev–Trinajstić information content (AvgIpc) is 3.05. The summed E-state index contributed by atoms with van der Waals surface area (Å²) >= 11 is 0. The minimum atomic E-state index is 0. The molecule has 1 saturated carbocycles. The van der Waals surface area contributed by atoms with Crippen LogP contribution in [0.5, 0.6) is 11.5 Å². The molecule has 6 heteroatoms. The fraction of sp³-hybridized carbons (Fsp3) is 0.588. The molecular formula is C17H28IN3O2. The lowest BCUT2D eigenvalue weighted by molar-refractivity contribution is 0.405. The Labute approximate surface area is 156 Å². The number of aliphatic imine (C=N–C) groups is 1. The highest BCUT2D eigenvalue weighted by atomic mass is 127. The van der Waals surface area contributed by atoms with Gasteiger partial charge in [0.25, 0.3) is 0 Å². The molecule has 1 aromatic rings. The average molecular weight is 433 g/mol. The van der Waals surface area contributed by atoms with Gasteiger partial charge >= 0.3 is 0 Å². The molecule has 0 atom stereocenters. The summed E-state index contributed by atoms with van der Waals surface area (Å²) < 4.78 is 10.5. The molecule has 1 aliphatic rings. The van der Waals surface area contributed by atoms with E-state index in [0.29, 0.717) is 11.7 Å². The first-order valence-corrected chi connectivity index (χ1v) is 8.02. The molecule has 0 aliphatic heterocycles. The third-order valence-corrected chi connectivity index (χ3v) is 4.20. The Hall–Kier alpha value is -1.18. The number of guanidine groups is 1. The quantitative estimate of drug-likeness (QED) is 0.295. The third kappa shape index (κ3) is 6.45. The van der Waals surface area contributed by atoms with E-state index >= 15 is 0 Å². The summed E-state index contributed by atoms with van der Waals surface area (Å²) in [5.74, 6) is 2.78. The highest BCUT2D eigenvalue weighted by Crippen LogP contribution is 2.29. The van der Waals surface area contributed by atoms with E-state index in [0.717, 1.165) is 30.3 Å². The van der Waals surface area contributed by atoms with Gasteiger partial charge in [0.05, 0.1) is 19.9 Å². The third-order valence-electron chi connectivity index (χ3n) is 4.20. The zero-order chi connectivity index (χ0) is 15.8. The van der Waals surface area contributed by atoms with Crippen molar-refractivity contribution in [1.29, 1.82) is 0 Å². The molecule has 23 heavy (non-hydrogen) atoms. The summed E-state index contributed by atoms with van der Waals surface area (Å²) in [7, 11) is 3.26. The molecule has 5 nitrogen and oxygen atoms in total. The zero-order valence-corrected chi connectivity index (χ0v) is 16.3. The van der Waals surface area contributed by atoms with Crippen LogP contribution < -0.4 is 20.5 Å². The second-order valence-corrected chi connectivity index (χ2v) is 5.75. The van der Waals surface area contributed by atoms with Crippen LogP contribution in [-0.2, 0) is 0 Å². The van der Waals surface area contributed by atoms with Gasteiger partial charge in [-0.15, -0.1) is 24.0 Å². The zero-order valence-electron chi connectivity index (χ0n) is 14.0. The molecule has 3 N–H and O–H groups in total. The molecule has 1 fully saturated rings. The molecule has 0 bridgehead atoms. The van der Waals surface area contributed by atoms with Crippen LogP contribution in [0.4, 0.5) is 5.69 Å². The molecule has 0 unspecified atom stereocenters. The van der Waals surface area contributed by atoms with E-state index in [4.69, 9.17) is 15.2 Å². The fourth-order valence-electron chi connectivity index (χ4n) is 2.97. The second-order valence-electron chi connectivity index (χ2n) is 5.75. The number of ether oxygens (including phenoxy) is 2. The Morgan fingerprint density at radius 2 is 2.00 bits per heavy atom. The maximum Gasteiger partial charge on any atom is 0.193 e. The van der Waals surface area contributed by atoms with Crippen molar-refractivity contribution in [2.45, 2.75) is 38.5 Å². The number of hydrogen-bond donors (Lipinski definition) is 2. The highest BCUT2D eigenvalue weighted by molar-refractivity contribution is 14.0. The number of halogens is 1. The van der Waals surface area contributed by atoms with E-state index in [2.05, 4.69) is 10.3 Å². The molecule has 2 rings (SSSR count). The number of hydrogen-bond acceptors (Lipinski definition) is 3. The van der Waals surface area contributed by atoms with Crippen molar-refractivity contribution in [3.8, 4) is 11.5 Å². The maximum absolute atomic E-state index is 5.96. The summed E-state index contributed by atoms with van der Waals surface area (Å²) in [5.41, 5.74) is 6.72. The number of anilines is 1. The van der Waals surface area contributed by atoms with Gasteiger partial charge in [0.2, 0.25) is 0 Å². The first-order chi connectivity index (χ1) is 10.7. The molecule has 130 valence electrons. The topological polar surface area (TPSA) is 68.9 Å². The minimum Gasteiger partial charge on any atom is -0.497 e. The molecular weight excluding hydrogens is 405 g/mol. The van der Waals surface area contributed by atoms with Crippen LogP contribution in [0.3, 0.4) is 0 Å².